The van der Waals surface area contributed by atoms with Crippen LogP contribution in [-0.2, 0) is 0 Å². The number of allylic oxidation sites excluding steroid dienone is 2. The van der Waals surface area contributed by atoms with Crippen LogP contribution in [0, 0.1) is 6.92 Å². The minimum atomic E-state index is 1.04. The van der Waals surface area contributed by atoms with Gasteiger partial charge in [0.1, 0.15) is 5.01 Å². The smallest absolute Gasteiger partial charge is 0.117 e. The summed E-state index contributed by atoms with van der Waals surface area (Å²) < 4.78 is 1.24. The van der Waals surface area contributed by atoms with Gasteiger partial charge in [0.2, 0.25) is 0 Å². The van der Waals surface area contributed by atoms with E-state index in [-0.39, 0.29) is 0 Å². The predicted octanol–water partition coefficient (Wildman–Crippen LogP) is 5.37. The van der Waals surface area contributed by atoms with Crippen molar-refractivity contribution >= 4 is 39.4 Å². The summed E-state index contributed by atoms with van der Waals surface area (Å²) in [5.74, 6) is 0. The number of rotatable bonds is 4. The zero-order valence-electron chi connectivity index (χ0n) is 12.7. The summed E-state index contributed by atoms with van der Waals surface area (Å²) in [6.07, 6.45) is 8.23. The van der Waals surface area contributed by atoms with Gasteiger partial charge in [-0.25, -0.2) is 4.98 Å². The highest BCUT2D eigenvalue weighted by Gasteiger charge is 2.00. The Morgan fingerprint density at radius 1 is 1.00 bits per heavy atom. The van der Waals surface area contributed by atoms with E-state index in [9.17, 15) is 0 Å². The van der Waals surface area contributed by atoms with Crippen LogP contribution in [0.5, 0.6) is 0 Å². The number of aryl methyl sites for hydroxylation is 1. The van der Waals surface area contributed by atoms with Gasteiger partial charge in [0.05, 0.1) is 10.2 Å². The Labute approximate surface area is 134 Å². The van der Waals surface area contributed by atoms with Gasteiger partial charge in [0, 0.05) is 12.7 Å². The number of nitrogens with one attached hydrogen (secondary N) is 1. The Hall–Kier alpha value is -2.39. The molecule has 1 heterocycles. The minimum Gasteiger partial charge on any atom is -0.388 e. The molecule has 22 heavy (non-hydrogen) atoms. The van der Waals surface area contributed by atoms with Crippen molar-refractivity contribution in [3.05, 3.63) is 70.8 Å². The van der Waals surface area contributed by atoms with E-state index < -0.39 is 0 Å². The van der Waals surface area contributed by atoms with Crippen LogP contribution in [0.2, 0.25) is 0 Å². The Balaban J connectivity index is 1.70. The van der Waals surface area contributed by atoms with Crippen LogP contribution in [0.4, 0.5) is 5.69 Å². The summed E-state index contributed by atoms with van der Waals surface area (Å²) in [6, 6.07) is 14.7. The molecule has 0 fully saturated rings. The number of benzene rings is 2. The SMILES string of the molecule is CNc1ccc(/C=C/C=C/c2nc3ccc(C)cc3s2)cc1. The van der Waals surface area contributed by atoms with Crippen molar-refractivity contribution in [1.82, 2.24) is 4.98 Å². The molecule has 0 spiro atoms. The second kappa shape index (κ2) is 6.58. The lowest BCUT2D eigenvalue weighted by atomic mass is 10.2. The zero-order chi connectivity index (χ0) is 15.4. The van der Waals surface area contributed by atoms with Crippen molar-refractivity contribution in [1.29, 1.82) is 0 Å². The third kappa shape index (κ3) is 3.43. The average molecular weight is 306 g/mol. The van der Waals surface area contributed by atoms with Gasteiger partial charge < -0.3 is 5.32 Å². The molecule has 0 saturated heterocycles. The number of hydrogen-bond donors (Lipinski definition) is 1. The summed E-state index contributed by atoms with van der Waals surface area (Å²) in [6.45, 7) is 2.11. The normalized spacial score (nSPS) is 11.7. The number of fused-ring (bicyclic) bond motifs is 1. The first kappa shape index (κ1) is 14.5. The molecule has 1 aromatic heterocycles. The lowest BCUT2D eigenvalue weighted by Crippen LogP contribution is -1.86. The van der Waals surface area contributed by atoms with Gasteiger partial charge in [-0.3, -0.25) is 0 Å². The van der Waals surface area contributed by atoms with Crippen molar-refractivity contribution < 1.29 is 0 Å². The molecular formula is C19H18N2S. The van der Waals surface area contributed by atoms with E-state index in [1.54, 1.807) is 11.3 Å². The molecule has 110 valence electrons. The molecule has 0 aliphatic carbocycles. The van der Waals surface area contributed by atoms with Crippen molar-refractivity contribution in [2.75, 3.05) is 12.4 Å². The van der Waals surface area contributed by atoms with Crippen LogP contribution in [0.25, 0.3) is 22.4 Å². The fourth-order valence-electron chi connectivity index (χ4n) is 2.19. The quantitative estimate of drug-likeness (QED) is 0.655. The van der Waals surface area contributed by atoms with E-state index in [2.05, 4.69) is 71.8 Å². The molecule has 0 saturated carbocycles. The third-order valence-electron chi connectivity index (χ3n) is 3.40. The highest BCUT2D eigenvalue weighted by Crippen LogP contribution is 2.24. The van der Waals surface area contributed by atoms with Crippen LogP contribution in [0.15, 0.2) is 54.6 Å². The molecule has 3 heteroatoms. The maximum Gasteiger partial charge on any atom is 0.117 e. The summed E-state index contributed by atoms with van der Waals surface area (Å²) >= 11 is 1.72. The van der Waals surface area contributed by atoms with E-state index in [0.29, 0.717) is 0 Å². The van der Waals surface area contributed by atoms with Crippen LogP contribution in [-0.4, -0.2) is 12.0 Å². The summed E-state index contributed by atoms with van der Waals surface area (Å²) in [7, 11) is 1.92. The van der Waals surface area contributed by atoms with Gasteiger partial charge in [0.15, 0.2) is 0 Å². The van der Waals surface area contributed by atoms with E-state index in [0.717, 1.165) is 16.2 Å². The molecular weight excluding hydrogens is 288 g/mol. The first-order chi connectivity index (χ1) is 10.7. The minimum absolute atomic E-state index is 1.04. The van der Waals surface area contributed by atoms with Gasteiger partial charge in [-0.15, -0.1) is 11.3 Å². The van der Waals surface area contributed by atoms with Gasteiger partial charge in [0.25, 0.3) is 0 Å². The first-order valence-corrected chi connectivity index (χ1v) is 8.06. The molecule has 0 unspecified atom stereocenters. The van der Waals surface area contributed by atoms with Gasteiger partial charge in [-0.2, -0.15) is 0 Å². The fourth-order valence-corrected chi connectivity index (χ4v) is 3.17. The van der Waals surface area contributed by atoms with Gasteiger partial charge in [-0.05, 0) is 48.4 Å². The molecule has 2 aromatic carbocycles. The number of nitrogens with zero attached hydrogens (tertiary/aromatic N) is 1. The van der Waals surface area contributed by atoms with Crippen LogP contribution >= 0.6 is 11.3 Å². The van der Waals surface area contributed by atoms with Crippen molar-refractivity contribution in [2.24, 2.45) is 0 Å². The maximum absolute atomic E-state index is 4.61. The van der Waals surface area contributed by atoms with Gasteiger partial charge in [-0.1, -0.05) is 36.4 Å². The average Bonchev–Trinajstić information content (AvgIpc) is 2.94. The summed E-state index contributed by atoms with van der Waals surface area (Å²) in [4.78, 5) is 4.61. The maximum atomic E-state index is 4.61. The second-order valence-corrected chi connectivity index (χ2v) is 6.18. The number of aromatic nitrogens is 1. The monoisotopic (exact) mass is 306 g/mol. The van der Waals surface area contributed by atoms with Crippen molar-refractivity contribution in [3.63, 3.8) is 0 Å². The Morgan fingerprint density at radius 2 is 1.77 bits per heavy atom. The first-order valence-electron chi connectivity index (χ1n) is 7.24. The molecule has 1 N–H and O–H groups in total. The molecule has 2 nitrogen and oxygen atoms in total. The largest absolute Gasteiger partial charge is 0.388 e. The Kier molecular flexibility index (Phi) is 4.35. The van der Waals surface area contributed by atoms with Crippen molar-refractivity contribution in [2.45, 2.75) is 6.92 Å². The van der Waals surface area contributed by atoms with E-state index >= 15 is 0 Å². The van der Waals surface area contributed by atoms with E-state index in [1.165, 1.54) is 15.8 Å². The summed E-state index contributed by atoms with van der Waals surface area (Å²) in [5, 5.41) is 4.15. The van der Waals surface area contributed by atoms with Crippen LogP contribution in [0.3, 0.4) is 0 Å². The third-order valence-corrected chi connectivity index (χ3v) is 4.38. The standard InChI is InChI=1S/C19H18N2S/c1-14-7-12-17-18(13-14)22-19(21-17)6-4-3-5-15-8-10-16(20-2)11-9-15/h3-13,20H,1-2H3/b5-3+,6-4+. The Morgan fingerprint density at radius 3 is 2.55 bits per heavy atom. The molecule has 0 atom stereocenters. The topological polar surface area (TPSA) is 24.9 Å². The molecule has 3 rings (SSSR count). The molecule has 0 aliphatic rings. The van der Waals surface area contributed by atoms with Gasteiger partial charge >= 0.3 is 0 Å². The molecule has 3 aromatic rings. The van der Waals surface area contributed by atoms with Crippen molar-refractivity contribution in [3.8, 4) is 0 Å². The molecule has 0 amide bonds. The summed E-state index contributed by atoms with van der Waals surface area (Å²) in [5.41, 5.74) is 4.65. The number of hydrogen-bond acceptors (Lipinski definition) is 3. The molecule has 0 bridgehead atoms. The van der Waals surface area contributed by atoms with Crippen LogP contribution in [0.1, 0.15) is 16.1 Å². The number of thiazole rings is 1. The highest BCUT2D eigenvalue weighted by molar-refractivity contribution is 7.19. The lowest BCUT2D eigenvalue weighted by Gasteiger charge is -1.98. The van der Waals surface area contributed by atoms with E-state index in [4.69, 9.17) is 0 Å². The lowest BCUT2D eigenvalue weighted by molar-refractivity contribution is 1.44. The fraction of sp³-hybridized carbons (Fsp3) is 0.105. The van der Waals surface area contributed by atoms with Crippen LogP contribution < -0.4 is 5.32 Å². The Bertz CT molecular complexity index is 826. The number of anilines is 1. The predicted molar refractivity (Wildman–Crippen MR) is 98.4 cm³/mol. The molecule has 0 radical (unpaired) electrons. The highest BCUT2D eigenvalue weighted by atomic mass is 32.1. The molecule has 0 aliphatic heterocycles. The van der Waals surface area contributed by atoms with E-state index in [1.807, 2.05) is 19.2 Å². The second-order valence-electron chi connectivity index (χ2n) is 5.11. The zero-order valence-corrected chi connectivity index (χ0v) is 13.5.